The summed E-state index contributed by atoms with van der Waals surface area (Å²) < 4.78 is 47.0. The van der Waals surface area contributed by atoms with E-state index < -0.39 is 22.1 Å². The molecule has 1 aliphatic heterocycles. The zero-order valence-corrected chi connectivity index (χ0v) is 14.4. The predicted molar refractivity (Wildman–Crippen MR) is 87.6 cm³/mol. The molecule has 1 heterocycles. The summed E-state index contributed by atoms with van der Waals surface area (Å²) >= 11 is 0. The molecule has 0 aliphatic carbocycles. The molecule has 4 nitrogen and oxygen atoms in total. The van der Waals surface area contributed by atoms with E-state index in [1.54, 1.807) is 24.3 Å². The fraction of sp³-hybridized carbons (Fsp3) is 0.412. The predicted octanol–water partition coefficient (Wildman–Crippen LogP) is 3.15. The van der Waals surface area contributed by atoms with E-state index in [4.69, 9.17) is 9.47 Å². The maximum Gasteiger partial charge on any atom is 0.175 e. The summed E-state index contributed by atoms with van der Waals surface area (Å²) in [6.07, 6.45) is 1.17. The molecule has 0 fully saturated rings. The summed E-state index contributed by atoms with van der Waals surface area (Å²) in [6.45, 7) is 7.15. The topological polar surface area (TPSA) is 52.6 Å². The molecule has 0 aromatic heterocycles. The average molecular weight is 340 g/mol. The van der Waals surface area contributed by atoms with Gasteiger partial charge in [0, 0.05) is 11.8 Å². The molecule has 23 heavy (non-hydrogen) atoms. The van der Waals surface area contributed by atoms with E-state index in [1.807, 2.05) is 13.8 Å². The van der Waals surface area contributed by atoms with Crippen LogP contribution in [-0.2, 0) is 19.3 Å². The highest BCUT2D eigenvalue weighted by Gasteiger charge is 2.36. The van der Waals surface area contributed by atoms with Crippen LogP contribution in [0.3, 0.4) is 0 Å². The summed E-state index contributed by atoms with van der Waals surface area (Å²) in [4.78, 5) is 0.256. The van der Waals surface area contributed by atoms with Crippen LogP contribution in [-0.4, -0.2) is 40.2 Å². The van der Waals surface area contributed by atoms with Gasteiger partial charge in [-0.15, -0.1) is 0 Å². The van der Waals surface area contributed by atoms with Crippen molar-refractivity contribution in [2.45, 2.75) is 24.3 Å². The van der Waals surface area contributed by atoms with Crippen molar-refractivity contribution in [2.24, 2.45) is 0 Å². The highest BCUT2D eigenvalue weighted by molar-refractivity contribution is 7.90. The molecular weight excluding hydrogens is 319 g/mol. The van der Waals surface area contributed by atoms with E-state index >= 15 is 0 Å². The average Bonchev–Trinajstić information content (AvgIpc) is 2.78. The monoisotopic (exact) mass is 340 g/mol. The van der Waals surface area contributed by atoms with Gasteiger partial charge in [-0.1, -0.05) is 18.7 Å². The van der Waals surface area contributed by atoms with Crippen molar-refractivity contribution in [3.63, 3.8) is 0 Å². The lowest BCUT2D eigenvalue weighted by molar-refractivity contribution is 0.0471. The maximum atomic E-state index is 12.5. The summed E-state index contributed by atoms with van der Waals surface area (Å²) in [5.41, 5.74) is 1.44. The first-order chi connectivity index (χ1) is 10.6. The minimum Gasteiger partial charge on any atom is -0.491 e. The van der Waals surface area contributed by atoms with Crippen molar-refractivity contribution in [2.75, 3.05) is 26.1 Å². The number of hydrogen-bond donors (Lipinski definition) is 0. The van der Waals surface area contributed by atoms with Crippen LogP contribution in [0.1, 0.15) is 19.4 Å². The fourth-order valence-corrected chi connectivity index (χ4v) is 3.08. The second-order valence-electron chi connectivity index (χ2n) is 6.07. The van der Waals surface area contributed by atoms with Crippen molar-refractivity contribution in [3.8, 4) is 0 Å². The molecular formula is C17H21FO4S. The van der Waals surface area contributed by atoms with Gasteiger partial charge in [0.15, 0.2) is 9.84 Å². The Balaban J connectivity index is 2.36. The van der Waals surface area contributed by atoms with Crippen LogP contribution in [0, 0.1) is 0 Å². The van der Waals surface area contributed by atoms with Gasteiger partial charge in [0.1, 0.15) is 25.6 Å². The van der Waals surface area contributed by atoms with Crippen LogP contribution in [0.2, 0.25) is 0 Å². The Labute approximate surface area is 136 Å². The van der Waals surface area contributed by atoms with Crippen molar-refractivity contribution in [1.29, 1.82) is 0 Å². The third-order valence-corrected chi connectivity index (χ3v) is 4.78. The summed E-state index contributed by atoms with van der Waals surface area (Å²) in [7, 11) is -3.24. The molecule has 0 saturated carbocycles. The molecule has 0 radical (unpaired) electrons. The number of rotatable bonds is 6. The molecule has 1 aromatic carbocycles. The SMILES string of the molecule is C=C(CF)COC1=C(c2ccc(S(C)(=O)=O)cc2)C(C)(C)OC1. The largest absolute Gasteiger partial charge is 0.491 e. The summed E-state index contributed by atoms with van der Waals surface area (Å²) in [5.74, 6) is 0.622. The van der Waals surface area contributed by atoms with Crippen LogP contribution in [0.4, 0.5) is 4.39 Å². The minimum atomic E-state index is -3.24. The molecule has 0 amide bonds. The Kier molecular flexibility index (Phi) is 4.96. The third-order valence-electron chi connectivity index (χ3n) is 3.66. The Morgan fingerprint density at radius 2 is 1.96 bits per heavy atom. The third kappa shape index (κ3) is 4.00. The standard InChI is InChI=1S/C17H21FO4S/c1-12(9-18)10-21-15-11-22-17(2,3)16(15)13-5-7-14(8-6-13)23(4,19)20/h5-8H,1,9-11H2,2-4H3. The van der Waals surface area contributed by atoms with Crippen LogP contribution in [0.25, 0.3) is 5.57 Å². The molecule has 6 heteroatoms. The smallest absolute Gasteiger partial charge is 0.175 e. The molecule has 126 valence electrons. The molecule has 0 unspecified atom stereocenters. The molecule has 1 aromatic rings. The van der Waals surface area contributed by atoms with E-state index in [0.717, 1.165) is 11.1 Å². The first-order valence-electron chi connectivity index (χ1n) is 7.18. The second kappa shape index (κ2) is 6.45. The lowest BCUT2D eigenvalue weighted by atomic mass is 9.92. The summed E-state index contributed by atoms with van der Waals surface area (Å²) in [5, 5.41) is 0. The van der Waals surface area contributed by atoms with E-state index in [2.05, 4.69) is 6.58 Å². The highest BCUT2D eigenvalue weighted by atomic mass is 32.2. The van der Waals surface area contributed by atoms with Gasteiger partial charge in [-0.05, 0) is 37.1 Å². The van der Waals surface area contributed by atoms with Gasteiger partial charge >= 0.3 is 0 Å². The zero-order chi connectivity index (χ0) is 17.3. The van der Waals surface area contributed by atoms with E-state index in [1.165, 1.54) is 6.26 Å². The fourth-order valence-electron chi connectivity index (χ4n) is 2.45. The Morgan fingerprint density at radius 3 is 2.48 bits per heavy atom. The Bertz CT molecular complexity index is 730. The molecule has 0 saturated heterocycles. The quantitative estimate of drug-likeness (QED) is 0.747. The first-order valence-corrected chi connectivity index (χ1v) is 9.08. The maximum absolute atomic E-state index is 12.5. The van der Waals surface area contributed by atoms with Gasteiger partial charge in [0.05, 0.1) is 10.5 Å². The lowest BCUT2D eigenvalue weighted by Crippen LogP contribution is -2.21. The molecule has 0 N–H and O–H groups in total. The molecule has 0 bridgehead atoms. The van der Waals surface area contributed by atoms with Gasteiger partial charge in [-0.2, -0.15) is 0 Å². The van der Waals surface area contributed by atoms with Crippen molar-refractivity contribution in [1.82, 2.24) is 0 Å². The van der Waals surface area contributed by atoms with Crippen molar-refractivity contribution in [3.05, 3.63) is 47.7 Å². The number of ether oxygens (including phenoxy) is 2. The van der Waals surface area contributed by atoms with Crippen LogP contribution in [0.5, 0.6) is 0 Å². The van der Waals surface area contributed by atoms with E-state index in [9.17, 15) is 12.8 Å². The van der Waals surface area contributed by atoms with E-state index in [0.29, 0.717) is 11.3 Å². The van der Waals surface area contributed by atoms with Crippen LogP contribution in [0.15, 0.2) is 47.1 Å². The van der Waals surface area contributed by atoms with Gasteiger partial charge in [-0.3, -0.25) is 0 Å². The van der Waals surface area contributed by atoms with Crippen molar-refractivity contribution < 1.29 is 22.3 Å². The Hall–Kier alpha value is -1.66. The first kappa shape index (κ1) is 17.7. The Morgan fingerprint density at radius 1 is 1.35 bits per heavy atom. The molecule has 2 rings (SSSR count). The van der Waals surface area contributed by atoms with E-state index in [-0.39, 0.29) is 18.1 Å². The number of alkyl halides is 1. The van der Waals surface area contributed by atoms with Crippen LogP contribution < -0.4 is 0 Å². The number of hydrogen-bond acceptors (Lipinski definition) is 4. The second-order valence-corrected chi connectivity index (χ2v) is 8.08. The molecule has 0 atom stereocenters. The number of sulfone groups is 1. The van der Waals surface area contributed by atoms with Gasteiger partial charge in [0.25, 0.3) is 0 Å². The lowest BCUT2D eigenvalue weighted by Gasteiger charge is -2.22. The van der Waals surface area contributed by atoms with Crippen LogP contribution >= 0.6 is 0 Å². The molecule has 1 aliphatic rings. The minimum absolute atomic E-state index is 0.0934. The molecule has 0 spiro atoms. The highest BCUT2D eigenvalue weighted by Crippen LogP contribution is 2.39. The normalized spacial score (nSPS) is 17.4. The summed E-state index contributed by atoms with van der Waals surface area (Å²) in [6, 6.07) is 6.58. The van der Waals surface area contributed by atoms with Gasteiger partial charge in [0.2, 0.25) is 0 Å². The zero-order valence-electron chi connectivity index (χ0n) is 13.6. The van der Waals surface area contributed by atoms with Gasteiger partial charge < -0.3 is 9.47 Å². The number of halogens is 1. The van der Waals surface area contributed by atoms with Crippen molar-refractivity contribution >= 4 is 15.4 Å². The number of benzene rings is 1. The van der Waals surface area contributed by atoms with Gasteiger partial charge in [-0.25, -0.2) is 12.8 Å².